The summed E-state index contributed by atoms with van der Waals surface area (Å²) >= 11 is 2.93. The molecule has 0 atom stereocenters. The minimum absolute atomic E-state index is 0.0708. The summed E-state index contributed by atoms with van der Waals surface area (Å²) in [6, 6.07) is 8.02. The molecule has 0 aliphatic rings. The second-order valence-corrected chi connectivity index (χ2v) is 4.68. The lowest BCUT2D eigenvalue weighted by Gasteiger charge is -2.07. The van der Waals surface area contributed by atoms with E-state index in [1.807, 2.05) is 0 Å². The van der Waals surface area contributed by atoms with Crippen LogP contribution < -0.4 is 11.1 Å². The zero-order chi connectivity index (χ0) is 14.0. The van der Waals surface area contributed by atoms with E-state index in [0.29, 0.717) is 17.3 Å². The Hall–Kier alpha value is -1.95. The third kappa shape index (κ3) is 3.08. The fourth-order valence-corrected chi connectivity index (χ4v) is 1.79. The predicted molar refractivity (Wildman–Crippen MR) is 72.9 cm³/mol. The van der Waals surface area contributed by atoms with E-state index in [2.05, 4.69) is 21.2 Å². The van der Waals surface area contributed by atoms with Gasteiger partial charge in [-0.1, -0.05) is 0 Å². The molecule has 0 aromatic heterocycles. The molecule has 0 unspecified atom stereocenters. The van der Waals surface area contributed by atoms with E-state index >= 15 is 0 Å². The number of halogens is 3. The van der Waals surface area contributed by atoms with Crippen molar-refractivity contribution in [2.75, 3.05) is 11.1 Å². The molecule has 19 heavy (non-hydrogen) atoms. The first-order valence-corrected chi connectivity index (χ1v) is 6.08. The van der Waals surface area contributed by atoms with Crippen molar-refractivity contribution >= 4 is 33.2 Å². The van der Waals surface area contributed by atoms with Crippen LogP contribution in [0.4, 0.5) is 20.2 Å². The zero-order valence-corrected chi connectivity index (χ0v) is 11.2. The van der Waals surface area contributed by atoms with Gasteiger partial charge < -0.3 is 11.1 Å². The molecule has 2 aromatic carbocycles. The molecule has 6 heteroatoms. The minimum Gasteiger partial charge on any atom is -0.399 e. The molecule has 0 saturated heterocycles. The first kappa shape index (κ1) is 13.5. The van der Waals surface area contributed by atoms with Crippen molar-refractivity contribution in [2.45, 2.75) is 0 Å². The molecule has 2 aromatic rings. The highest BCUT2D eigenvalue weighted by molar-refractivity contribution is 9.10. The van der Waals surface area contributed by atoms with Crippen LogP contribution in [0.25, 0.3) is 0 Å². The van der Waals surface area contributed by atoms with Crippen LogP contribution in [0.1, 0.15) is 10.4 Å². The summed E-state index contributed by atoms with van der Waals surface area (Å²) in [7, 11) is 0. The molecule has 0 spiro atoms. The molecule has 1 amide bonds. The number of nitrogens with two attached hydrogens (primary N) is 1. The van der Waals surface area contributed by atoms with Crippen LogP contribution in [-0.4, -0.2) is 5.91 Å². The zero-order valence-electron chi connectivity index (χ0n) is 9.58. The van der Waals surface area contributed by atoms with Gasteiger partial charge in [0.1, 0.15) is 11.6 Å². The van der Waals surface area contributed by atoms with E-state index < -0.39 is 17.5 Å². The van der Waals surface area contributed by atoms with E-state index in [-0.39, 0.29) is 10.2 Å². The maximum Gasteiger partial charge on any atom is 0.255 e. The van der Waals surface area contributed by atoms with Gasteiger partial charge in [0, 0.05) is 17.3 Å². The van der Waals surface area contributed by atoms with E-state index in [1.54, 1.807) is 12.1 Å². The van der Waals surface area contributed by atoms with Crippen LogP contribution in [0, 0.1) is 11.6 Å². The number of nitrogens with one attached hydrogen (secondary N) is 1. The fourth-order valence-electron chi connectivity index (χ4n) is 1.45. The van der Waals surface area contributed by atoms with Gasteiger partial charge in [-0.25, -0.2) is 8.78 Å². The maximum atomic E-state index is 13.5. The van der Waals surface area contributed by atoms with Gasteiger partial charge in [-0.3, -0.25) is 4.79 Å². The largest absolute Gasteiger partial charge is 0.399 e. The van der Waals surface area contributed by atoms with E-state index in [4.69, 9.17) is 5.73 Å². The Balaban J connectivity index is 2.24. The van der Waals surface area contributed by atoms with E-state index in [1.165, 1.54) is 18.2 Å². The molecular weight excluding hydrogens is 318 g/mol. The average molecular weight is 327 g/mol. The highest BCUT2D eigenvalue weighted by atomic mass is 79.9. The smallest absolute Gasteiger partial charge is 0.255 e. The fraction of sp³-hybridized carbons (Fsp3) is 0. The summed E-state index contributed by atoms with van der Waals surface area (Å²) in [4.78, 5) is 11.8. The normalized spacial score (nSPS) is 10.3. The van der Waals surface area contributed by atoms with Gasteiger partial charge in [0.15, 0.2) is 0 Å². The first-order chi connectivity index (χ1) is 8.97. The van der Waals surface area contributed by atoms with Crippen LogP contribution in [-0.2, 0) is 0 Å². The van der Waals surface area contributed by atoms with Gasteiger partial charge in [-0.05, 0) is 46.3 Å². The second kappa shape index (κ2) is 5.36. The molecule has 0 bridgehead atoms. The number of carbonyl (C=O) groups is 1. The molecular formula is C13H9BrF2N2O. The highest BCUT2D eigenvalue weighted by Crippen LogP contribution is 2.24. The van der Waals surface area contributed by atoms with E-state index in [9.17, 15) is 13.6 Å². The Morgan fingerprint density at radius 3 is 2.37 bits per heavy atom. The Kier molecular flexibility index (Phi) is 3.80. The number of carbonyl (C=O) groups excluding carboxylic acids is 1. The molecule has 0 aliphatic heterocycles. The maximum absolute atomic E-state index is 13.5. The van der Waals surface area contributed by atoms with Crippen LogP contribution in [0.3, 0.4) is 0 Å². The molecule has 0 radical (unpaired) electrons. The van der Waals surface area contributed by atoms with Gasteiger partial charge in [-0.15, -0.1) is 0 Å². The van der Waals surface area contributed by atoms with Crippen molar-refractivity contribution in [1.82, 2.24) is 0 Å². The highest BCUT2D eigenvalue weighted by Gasteiger charge is 2.12. The Morgan fingerprint density at radius 2 is 1.74 bits per heavy atom. The van der Waals surface area contributed by atoms with Gasteiger partial charge in [0.05, 0.1) is 10.2 Å². The third-order valence-corrected chi connectivity index (χ3v) is 3.04. The number of benzene rings is 2. The summed E-state index contributed by atoms with van der Waals surface area (Å²) in [5.74, 6) is -2.08. The van der Waals surface area contributed by atoms with Gasteiger partial charge in [0.25, 0.3) is 5.91 Å². The van der Waals surface area contributed by atoms with Crippen molar-refractivity contribution < 1.29 is 13.6 Å². The van der Waals surface area contributed by atoms with Crippen molar-refractivity contribution in [1.29, 1.82) is 0 Å². The Bertz CT molecular complexity index is 629. The van der Waals surface area contributed by atoms with Crippen molar-refractivity contribution in [3.05, 3.63) is 58.1 Å². The van der Waals surface area contributed by atoms with Crippen LogP contribution in [0.2, 0.25) is 0 Å². The summed E-state index contributed by atoms with van der Waals surface area (Å²) < 4.78 is 26.6. The molecule has 2 rings (SSSR count). The summed E-state index contributed by atoms with van der Waals surface area (Å²) in [6.07, 6.45) is 0. The van der Waals surface area contributed by atoms with Crippen LogP contribution in [0.15, 0.2) is 40.9 Å². The second-order valence-electron chi connectivity index (χ2n) is 3.82. The lowest BCUT2D eigenvalue weighted by atomic mass is 10.2. The SMILES string of the molecule is Nc1ccc(C(=O)Nc2cc(Br)c(F)cc2F)cc1. The van der Waals surface area contributed by atoms with Gasteiger partial charge >= 0.3 is 0 Å². The van der Waals surface area contributed by atoms with Crippen LogP contribution in [0.5, 0.6) is 0 Å². The number of rotatable bonds is 2. The number of amides is 1. The number of nitrogen functional groups attached to an aromatic ring is 1. The quantitative estimate of drug-likeness (QED) is 0.654. The molecule has 0 fully saturated rings. The van der Waals surface area contributed by atoms with Crippen molar-refractivity contribution in [3.63, 3.8) is 0 Å². The molecule has 3 N–H and O–H groups in total. The molecule has 0 saturated carbocycles. The number of anilines is 2. The summed E-state index contributed by atoms with van der Waals surface area (Å²) in [6.45, 7) is 0. The summed E-state index contributed by atoms with van der Waals surface area (Å²) in [5.41, 5.74) is 6.25. The van der Waals surface area contributed by atoms with Gasteiger partial charge in [0.2, 0.25) is 0 Å². The van der Waals surface area contributed by atoms with Crippen LogP contribution >= 0.6 is 15.9 Å². The monoisotopic (exact) mass is 326 g/mol. The number of hydrogen-bond donors (Lipinski definition) is 2. The lowest BCUT2D eigenvalue weighted by molar-refractivity contribution is 0.102. The number of hydrogen-bond acceptors (Lipinski definition) is 2. The predicted octanol–water partition coefficient (Wildman–Crippen LogP) is 3.56. The topological polar surface area (TPSA) is 55.1 Å². The van der Waals surface area contributed by atoms with E-state index in [0.717, 1.165) is 0 Å². The Labute approximate surface area is 116 Å². The van der Waals surface area contributed by atoms with Gasteiger partial charge in [-0.2, -0.15) is 0 Å². The molecule has 3 nitrogen and oxygen atoms in total. The van der Waals surface area contributed by atoms with Crippen molar-refractivity contribution in [3.8, 4) is 0 Å². The molecule has 0 aliphatic carbocycles. The Morgan fingerprint density at radius 1 is 1.11 bits per heavy atom. The summed E-state index contributed by atoms with van der Waals surface area (Å²) in [5, 5.41) is 2.36. The lowest BCUT2D eigenvalue weighted by Crippen LogP contribution is -2.13. The molecule has 0 heterocycles. The minimum atomic E-state index is -0.843. The first-order valence-electron chi connectivity index (χ1n) is 5.29. The van der Waals surface area contributed by atoms with Crippen molar-refractivity contribution in [2.24, 2.45) is 0 Å². The average Bonchev–Trinajstić information content (AvgIpc) is 2.36. The third-order valence-electron chi connectivity index (χ3n) is 2.43. The molecule has 98 valence electrons. The standard InChI is InChI=1S/C13H9BrF2N2O/c14-9-5-12(11(16)6-10(9)15)18-13(19)7-1-3-8(17)4-2-7/h1-6H,17H2,(H,18,19).